The maximum Gasteiger partial charge on any atom is 0.358 e. The summed E-state index contributed by atoms with van der Waals surface area (Å²) < 4.78 is 6.05. The molecule has 0 unspecified atom stereocenters. The zero-order valence-electron chi connectivity index (χ0n) is 10.5. The Morgan fingerprint density at radius 1 is 1.33 bits per heavy atom. The Morgan fingerprint density at radius 3 is 2.71 bits per heavy atom. The number of aromatic carboxylic acids is 1. The fourth-order valence-electron chi connectivity index (χ4n) is 1.86. The smallest absolute Gasteiger partial charge is 0.358 e. The van der Waals surface area contributed by atoms with Crippen molar-refractivity contribution in [3.05, 3.63) is 47.2 Å². The van der Waals surface area contributed by atoms with Crippen molar-refractivity contribution in [2.75, 3.05) is 0 Å². The van der Waals surface area contributed by atoms with E-state index >= 15 is 0 Å². The largest absolute Gasteiger partial charge is 0.476 e. The molecule has 2 heterocycles. The van der Waals surface area contributed by atoms with Crippen LogP contribution in [0.2, 0.25) is 5.02 Å². The first-order valence-corrected chi connectivity index (χ1v) is 6.21. The van der Waals surface area contributed by atoms with E-state index in [4.69, 9.17) is 11.6 Å². The second kappa shape index (κ2) is 5.33. The van der Waals surface area contributed by atoms with Gasteiger partial charge in [-0.25, -0.2) is 9.48 Å². The first-order valence-electron chi connectivity index (χ1n) is 5.83. The monoisotopic (exact) mass is 305 g/mol. The van der Waals surface area contributed by atoms with Crippen molar-refractivity contribution in [1.82, 2.24) is 25.1 Å². The molecule has 1 aromatic carbocycles. The second-order valence-corrected chi connectivity index (χ2v) is 4.54. The Bertz CT molecular complexity index is 767. The molecule has 0 fully saturated rings. The molecule has 0 aliphatic heterocycles. The third kappa shape index (κ3) is 2.61. The number of hydrogen-bond acceptors (Lipinski definition) is 6. The predicted octanol–water partition coefficient (Wildman–Crippen LogP) is 1.73. The Morgan fingerprint density at radius 2 is 2.10 bits per heavy atom. The summed E-state index contributed by atoms with van der Waals surface area (Å²) in [4.78, 5) is 15.2. The molecule has 8 nitrogen and oxygen atoms in total. The predicted molar refractivity (Wildman–Crippen MR) is 70.8 cm³/mol. The lowest BCUT2D eigenvalue weighted by Gasteiger charge is -2.05. The topological polar surface area (TPSA) is 107 Å². The molecule has 106 valence electrons. The summed E-state index contributed by atoms with van der Waals surface area (Å²) in [6, 6.07) is 6.71. The van der Waals surface area contributed by atoms with E-state index in [2.05, 4.69) is 25.0 Å². The van der Waals surface area contributed by atoms with Gasteiger partial charge in [-0.05, 0) is 12.1 Å². The van der Waals surface area contributed by atoms with E-state index in [9.17, 15) is 9.90 Å². The van der Waals surface area contributed by atoms with Crippen molar-refractivity contribution >= 4 is 17.6 Å². The van der Waals surface area contributed by atoms with Crippen molar-refractivity contribution in [2.45, 2.75) is 6.54 Å². The van der Waals surface area contributed by atoms with E-state index in [0.717, 1.165) is 0 Å². The lowest BCUT2D eigenvalue weighted by molar-refractivity contribution is 0.0691. The van der Waals surface area contributed by atoms with Crippen LogP contribution in [0.1, 0.15) is 16.3 Å². The fraction of sp³-hybridized carbons (Fsp3) is 0.0833. The average Bonchev–Trinajstić information content (AvgIpc) is 3.10. The average molecular weight is 306 g/mol. The van der Waals surface area contributed by atoms with Gasteiger partial charge in [-0.2, -0.15) is 4.98 Å². The molecule has 3 aromatic rings. The van der Waals surface area contributed by atoms with E-state index in [1.54, 1.807) is 24.3 Å². The minimum Gasteiger partial charge on any atom is -0.476 e. The van der Waals surface area contributed by atoms with Crippen LogP contribution in [-0.4, -0.2) is 36.2 Å². The van der Waals surface area contributed by atoms with E-state index in [-0.39, 0.29) is 12.2 Å². The molecule has 0 atom stereocenters. The molecule has 9 heteroatoms. The van der Waals surface area contributed by atoms with E-state index in [0.29, 0.717) is 22.1 Å². The summed E-state index contributed by atoms with van der Waals surface area (Å²) in [5, 5.41) is 21.0. The van der Waals surface area contributed by atoms with Gasteiger partial charge in [0, 0.05) is 10.6 Å². The fourth-order valence-corrected chi connectivity index (χ4v) is 1.98. The molecule has 0 amide bonds. The number of carbonyl (C=O) groups is 1. The maximum absolute atomic E-state index is 11.3. The van der Waals surface area contributed by atoms with Gasteiger partial charge in [0.1, 0.15) is 12.2 Å². The molecule has 21 heavy (non-hydrogen) atoms. The van der Waals surface area contributed by atoms with Gasteiger partial charge in [0.05, 0.1) is 0 Å². The van der Waals surface area contributed by atoms with Crippen LogP contribution in [0.4, 0.5) is 0 Å². The van der Waals surface area contributed by atoms with Gasteiger partial charge in [-0.3, -0.25) is 0 Å². The zero-order valence-corrected chi connectivity index (χ0v) is 11.2. The highest BCUT2D eigenvalue weighted by atomic mass is 35.5. The standard InChI is InChI=1S/C12H8ClN5O3/c13-8-3-1-7(2-4-8)11-10(12(19)20)15-17-18(11)5-9-14-6-21-16-9/h1-4,6H,5H2,(H,19,20). The van der Waals surface area contributed by atoms with Crippen LogP contribution < -0.4 is 0 Å². The van der Waals surface area contributed by atoms with Crippen molar-refractivity contribution in [2.24, 2.45) is 0 Å². The van der Waals surface area contributed by atoms with Crippen molar-refractivity contribution in [3.63, 3.8) is 0 Å². The third-order valence-electron chi connectivity index (χ3n) is 2.75. The van der Waals surface area contributed by atoms with E-state index in [1.165, 1.54) is 11.1 Å². The van der Waals surface area contributed by atoms with Crippen LogP contribution in [0.25, 0.3) is 11.3 Å². The third-order valence-corrected chi connectivity index (χ3v) is 3.01. The Labute approximate surface area is 123 Å². The highest BCUT2D eigenvalue weighted by Gasteiger charge is 2.21. The SMILES string of the molecule is O=C(O)c1nnn(Cc2ncon2)c1-c1ccc(Cl)cc1. The van der Waals surface area contributed by atoms with Crippen LogP contribution in [0, 0.1) is 0 Å². The lowest BCUT2D eigenvalue weighted by Crippen LogP contribution is -2.07. The number of hydrogen-bond donors (Lipinski definition) is 1. The number of nitrogens with zero attached hydrogens (tertiary/aromatic N) is 5. The molecule has 0 saturated carbocycles. The molecule has 0 saturated heterocycles. The maximum atomic E-state index is 11.3. The summed E-state index contributed by atoms with van der Waals surface area (Å²) in [5.41, 5.74) is 0.829. The van der Waals surface area contributed by atoms with Crippen LogP contribution >= 0.6 is 11.6 Å². The van der Waals surface area contributed by atoms with Gasteiger partial charge < -0.3 is 9.63 Å². The minimum absolute atomic E-state index is 0.148. The first kappa shape index (κ1) is 13.3. The van der Waals surface area contributed by atoms with Gasteiger partial charge in [0.2, 0.25) is 6.39 Å². The molecular weight excluding hydrogens is 298 g/mol. The van der Waals surface area contributed by atoms with Gasteiger partial charge >= 0.3 is 5.97 Å². The summed E-state index contributed by atoms with van der Waals surface area (Å²) in [6.45, 7) is 0.148. The summed E-state index contributed by atoms with van der Waals surface area (Å²) >= 11 is 5.84. The van der Waals surface area contributed by atoms with Crippen molar-refractivity contribution in [1.29, 1.82) is 0 Å². The number of benzene rings is 1. The van der Waals surface area contributed by atoms with Crippen molar-refractivity contribution < 1.29 is 14.4 Å². The molecule has 0 spiro atoms. The number of carboxylic acids is 1. The van der Waals surface area contributed by atoms with Crippen LogP contribution in [-0.2, 0) is 6.54 Å². The molecule has 0 radical (unpaired) electrons. The zero-order chi connectivity index (χ0) is 14.8. The molecular formula is C12H8ClN5O3. The minimum atomic E-state index is -1.17. The van der Waals surface area contributed by atoms with E-state index in [1.807, 2.05) is 0 Å². The summed E-state index contributed by atoms with van der Waals surface area (Å²) in [7, 11) is 0. The lowest BCUT2D eigenvalue weighted by atomic mass is 10.1. The number of aromatic nitrogens is 5. The Hall–Kier alpha value is -2.74. The van der Waals surface area contributed by atoms with Gasteiger partial charge in [-0.1, -0.05) is 34.1 Å². The molecule has 0 aliphatic carbocycles. The van der Waals surface area contributed by atoms with Gasteiger partial charge in [0.25, 0.3) is 0 Å². The van der Waals surface area contributed by atoms with Crippen LogP contribution in [0.15, 0.2) is 35.2 Å². The van der Waals surface area contributed by atoms with Crippen molar-refractivity contribution in [3.8, 4) is 11.3 Å². The van der Waals surface area contributed by atoms with Gasteiger partial charge in [0.15, 0.2) is 11.5 Å². The number of carboxylic acid groups (broad SMARTS) is 1. The quantitative estimate of drug-likeness (QED) is 0.782. The van der Waals surface area contributed by atoms with Gasteiger partial charge in [-0.15, -0.1) is 5.10 Å². The van der Waals surface area contributed by atoms with Crippen LogP contribution in [0.3, 0.4) is 0 Å². The summed E-state index contributed by atoms with van der Waals surface area (Å²) in [6.07, 6.45) is 1.19. The Balaban J connectivity index is 2.08. The second-order valence-electron chi connectivity index (χ2n) is 4.10. The normalized spacial score (nSPS) is 10.7. The first-order chi connectivity index (χ1) is 10.1. The Kier molecular flexibility index (Phi) is 3.36. The van der Waals surface area contributed by atoms with Crippen LogP contribution in [0.5, 0.6) is 0 Å². The van der Waals surface area contributed by atoms with E-state index < -0.39 is 5.97 Å². The molecule has 0 aliphatic rings. The highest BCUT2D eigenvalue weighted by Crippen LogP contribution is 2.24. The highest BCUT2D eigenvalue weighted by molar-refractivity contribution is 6.30. The molecule has 0 bridgehead atoms. The molecule has 3 rings (SSSR count). The summed E-state index contributed by atoms with van der Waals surface area (Å²) in [5.74, 6) is -0.800. The molecule has 2 aromatic heterocycles. The molecule has 1 N–H and O–H groups in total. The number of halogens is 1. The number of rotatable bonds is 4.